The van der Waals surface area contributed by atoms with E-state index in [0.717, 1.165) is 23.4 Å². The van der Waals surface area contributed by atoms with Crippen molar-refractivity contribution < 1.29 is 17.3 Å². The van der Waals surface area contributed by atoms with Crippen LogP contribution in [0, 0.1) is 12.7 Å². The number of rotatable bonds is 3. The van der Waals surface area contributed by atoms with Crippen LogP contribution in [0.15, 0.2) is 33.7 Å². The van der Waals surface area contributed by atoms with Crippen molar-refractivity contribution in [3.8, 4) is 11.6 Å². The topological polar surface area (TPSA) is 94.1 Å². The van der Waals surface area contributed by atoms with Crippen molar-refractivity contribution in [3.63, 3.8) is 0 Å². The Hall–Kier alpha value is -2.59. The summed E-state index contributed by atoms with van der Waals surface area (Å²) in [6, 6.07) is 4.81. The fraction of sp³-hybridized carbons (Fsp3) is 0.312. The third-order valence-electron chi connectivity index (χ3n) is 4.39. The zero-order valence-electron chi connectivity index (χ0n) is 14.2. The molecule has 0 spiro atoms. The molecule has 26 heavy (non-hydrogen) atoms. The average molecular weight is 377 g/mol. The lowest BCUT2D eigenvalue weighted by Crippen LogP contribution is -2.36. The molecule has 0 unspecified atom stereocenters. The molecule has 1 aliphatic rings. The van der Waals surface area contributed by atoms with Gasteiger partial charge in [-0.1, -0.05) is 5.16 Å². The molecule has 0 saturated heterocycles. The molecule has 1 aliphatic heterocycles. The first-order valence-corrected chi connectivity index (χ1v) is 9.41. The molecule has 1 aromatic carbocycles. The lowest BCUT2D eigenvalue weighted by Gasteiger charge is -2.26. The van der Waals surface area contributed by atoms with Gasteiger partial charge in [0.2, 0.25) is 10.0 Å². The van der Waals surface area contributed by atoms with E-state index in [1.165, 1.54) is 16.4 Å². The molecular formula is C16H16FN5O3S. The number of benzene rings is 1. The highest BCUT2D eigenvalue weighted by Crippen LogP contribution is 2.31. The normalized spacial score (nSPS) is 15.2. The molecule has 0 saturated carbocycles. The number of hydrogen-bond acceptors (Lipinski definition) is 6. The minimum absolute atomic E-state index is 0.0569. The van der Waals surface area contributed by atoms with Gasteiger partial charge in [0.05, 0.1) is 4.90 Å². The zero-order valence-corrected chi connectivity index (χ0v) is 15.0. The number of sulfonamides is 1. The Morgan fingerprint density at radius 1 is 1.23 bits per heavy atom. The van der Waals surface area contributed by atoms with E-state index in [0.29, 0.717) is 24.5 Å². The summed E-state index contributed by atoms with van der Waals surface area (Å²) in [6.45, 7) is 2.15. The Balaban J connectivity index is 1.72. The first-order chi connectivity index (χ1) is 12.4. The van der Waals surface area contributed by atoms with Gasteiger partial charge in [0, 0.05) is 37.8 Å². The number of fused-ring (bicyclic) bond motifs is 1. The Bertz CT molecular complexity index is 1070. The molecule has 3 aromatic rings. The number of hydrogen-bond donors (Lipinski definition) is 0. The van der Waals surface area contributed by atoms with E-state index in [-0.39, 0.29) is 17.3 Å². The molecule has 136 valence electrons. The molecule has 0 N–H and O–H groups in total. The van der Waals surface area contributed by atoms with Crippen LogP contribution in [-0.4, -0.2) is 39.2 Å². The smallest absolute Gasteiger partial charge is 0.278 e. The maximum Gasteiger partial charge on any atom is 0.278 e. The van der Waals surface area contributed by atoms with Crippen LogP contribution in [0.4, 0.5) is 4.39 Å². The van der Waals surface area contributed by atoms with Crippen molar-refractivity contribution in [1.82, 2.24) is 24.2 Å². The molecule has 0 amide bonds. The van der Waals surface area contributed by atoms with Crippen molar-refractivity contribution in [3.05, 3.63) is 47.2 Å². The summed E-state index contributed by atoms with van der Waals surface area (Å²) in [4.78, 5) is 4.25. The fourth-order valence-electron chi connectivity index (χ4n) is 3.09. The van der Waals surface area contributed by atoms with E-state index in [1.54, 1.807) is 18.7 Å². The Morgan fingerprint density at radius 2 is 1.96 bits per heavy atom. The molecule has 0 fully saturated rings. The van der Waals surface area contributed by atoms with E-state index in [2.05, 4.69) is 15.2 Å². The van der Waals surface area contributed by atoms with Gasteiger partial charge >= 0.3 is 0 Å². The predicted molar refractivity (Wildman–Crippen MR) is 88.9 cm³/mol. The first-order valence-electron chi connectivity index (χ1n) is 7.97. The van der Waals surface area contributed by atoms with Crippen molar-refractivity contribution in [2.45, 2.75) is 24.8 Å². The second kappa shape index (κ2) is 5.99. The summed E-state index contributed by atoms with van der Waals surface area (Å²) in [5.74, 6) is 0.262. The Labute approximate surface area is 149 Å². The molecule has 3 heterocycles. The van der Waals surface area contributed by atoms with Gasteiger partial charge in [-0.15, -0.1) is 0 Å². The SMILES string of the molecule is Cc1noc(-c2nn(C)c3c2CN(S(=O)(=O)c2ccc(F)cc2)CC3)n1. The second-order valence-corrected chi connectivity index (χ2v) is 8.02. The highest BCUT2D eigenvalue weighted by atomic mass is 32.2. The van der Waals surface area contributed by atoms with Gasteiger partial charge < -0.3 is 4.52 Å². The largest absolute Gasteiger partial charge is 0.332 e. The predicted octanol–water partition coefficient (Wildman–Crippen LogP) is 1.66. The van der Waals surface area contributed by atoms with Gasteiger partial charge in [-0.3, -0.25) is 4.68 Å². The van der Waals surface area contributed by atoms with E-state index in [9.17, 15) is 12.8 Å². The van der Waals surface area contributed by atoms with E-state index in [1.807, 2.05) is 0 Å². The van der Waals surface area contributed by atoms with Gasteiger partial charge in [0.1, 0.15) is 5.82 Å². The Morgan fingerprint density at radius 3 is 2.62 bits per heavy atom. The third-order valence-corrected chi connectivity index (χ3v) is 6.25. The quantitative estimate of drug-likeness (QED) is 0.689. The molecular weight excluding hydrogens is 361 g/mol. The minimum Gasteiger partial charge on any atom is -0.332 e. The zero-order chi connectivity index (χ0) is 18.5. The van der Waals surface area contributed by atoms with Crippen molar-refractivity contribution >= 4 is 10.0 Å². The summed E-state index contributed by atoms with van der Waals surface area (Å²) in [7, 11) is -1.94. The summed E-state index contributed by atoms with van der Waals surface area (Å²) in [5.41, 5.74) is 2.16. The molecule has 0 bridgehead atoms. The van der Waals surface area contributed by atoms with E-state index >= 15 is 0 Å². The van der Waals surface area contributed by atoms with Crippen LogP contribution < -0.4 is 0 Å². The summed E-state index contributed by atoms with van der Waals surface area (Å²) in [6.07, 6.45) is 0.506. The highest BCUT2D eigenvalue weighted by Gasteiger charge is 2.33. The highest BCUT2D eigenvalue weighted by molar-refractivity contribution is 7.89. The molecule has 0 aliphatic carbocycles. The maximum atomic E-state index is 13.1. The molecule has 2 aromatic heterocycles. The minimum atomic E-state index is -3.74. The van der Waals surface area contributed by atoms with Gasteiger partial charge in [-0.05, 0) is 31.2 Å². The van der Waals surface area contributed by atoms with Gasteiger partial charge in [-0.2, -0.15) is 14.4 Å². The third kappa shape index (κ3) is 2.71. The van der Waals surface area contributed by atoms with Gasteiger partial charge in [0.25, 0.3) is 5.89 Å². The standard InChI is InChI=1S/C16H16FN5O3S/c1-10-18-16(25-20-10)15-13-9-22(8-7-14(13)21(2)19-15)26(23,24)12-5-3-11(17)4-6-12/h3-6H,7-9H2,1-2H3. The van der Waals surface area contributed by atoms with Crippen LogP contribution in [-0.2, 0) is 30.0 Å². The van der Waals surface area contributed by atoms with Crippen LogP contribution in [0.5, 0.6) is 0 Å². The number of halogens is 1. The molecule has 0 atom stereocenters. The molecule has 0 radical (unpaired) electrons. The fourth-order valence-corrected chi connectivity index (χ4v) is 4.50. The van der Waals surface area contributed by atoms with Crippen LogP contribution in [0.25, 0.3) is 11.6 Å². The first kappa shape index (κ1) is 16.9. The monoisotopic (exact) mass is 377 g/mol. The second-order valence-electron chi connectivity index (χ2n) is 6.09. The van der Waals surface area contributed by atoms with Crippen molar-refractivity contribution in [1.29, 1.82) is 0 Å². The number of nitrogens with zero attached hydrogens (tertiary/aromatic N) is 5. The lowest BCUT2D eigenvalue weighted by atomic mass is 10.1. The Kier molecular flexibility index (Phi) is 3.88. The summed E-state index contributed by atoms with van der Waals surface area (Å²) >= 11 is 0. The van der Waals surface area contributed by atoms with Crippen LogP contribution in [0.2, 0.25) is 0 Å². The molecule has 8 nitrogen and oxygen atoms in total. The van der Waals surface area contributed by atoms with E-state index < -0.39 is 15.8 Å². The van der Waals surface area contributed by atoms with Gasteiger partial charge in [0.15, 0.2) is 11.5 Å². The van der Waals surface area contributed by atoms with Crippen LogP contribution in [0.3, 0.4) is 0 Å². The molecule has 4 rings (SSSR count). The van der Waals surface area contributed by atoms with Crippen molar-refractivity contribution in [2.75, 3.05) is 6.54 Å². The van der Waals surface area contributed by atoms with Crippen LogP contribution >= 0.6 is 0 Å². The maximum absolute atomic E-state index is 13.1. The molecule has 10 heteroatoms. The van der Waals surface area contributed by atoms with Gasteiger partial charge in [-0.25, -0.2) is 12.8 Å². The summed E-state index contributed by atoms with van der Waals surface area (Å²) in [5, 5.41) is 8.20. The number of aromatic nitrogens is 4. The summed E-state index contributed by atoms with van der Waals surface area (Å²) < 4.78 is 47.2. The number of aryl methyl sites for hydroxylation is 2. The average Bonchev–Trinajstić information content (AvgIpc) is 3.18. The van der Waals surface area contributed by atoms with Crippen LogP contribution in [0.1, 0.15) is 17.1 Å². The van der Waals surface area contributed by atoms with E-state index in [4.69, 9.17) is 4.52 Å². The lowest BCUT2D eigenvalue weighted by molar-refractivity contribution is 0.385. The van der Waals surface area contributed by atoms with Crippen molar-refractivity contribution in [2.24, 2.45) is 7.05 Å².